The average Bonchev–Trinajstić information content (AvgIpc) is 2.69. The van der Waals surface area contributed by atoms with Crippen molar-refractivity contribution in [3.8, 4) is 0 Å². The van der Waals surface area contributed by atoms with E-state index in [0.29, 0.717) is 6.04 Å². The van der Waals surface area contributed by atoms with Gasteiger partial charge in [0.2, 0.25) is 5.95 Å². The van der Waals surface area contributed by atoms with Gasteiger partial charge < -0.3 is 10.2 Å². The molecule has 1 N–H and O–H groups in total. The molecule has 0 amide bonds. The van der Waals surface area contributed by atoms with Crippen LogP contribution in [0.15, 0.2) is 54.6 Å². The second-order valence-electron chi connectivity index (χ2n) is 7.46. The highest BCUT2D eigenvalue weighted by atomic mass is 15.2. The Morgan fingerprint density at radius 3 is 2.41 bits per heavy atom. The lowest BCUT2D eigenvalue weighted by molar-refractivity contribution is 0.211. The summed E-state index contributed by atoms with van der Waals surface area (Å²) in [5.74, 6) is 1.70. The van der Waals surface area contributed by atoms with Gasteiger partial charge in [-0.2, -0.15) is 4.98 Å². The number of benzene rings is 2. The van der Waals surface area contributed by atoms with Crippen LogP contribution in [0.2, 0.25) is 0 Å². The lowest BCUT2D eigenvalue weighted by Gasteiger charge is -2.32. The Hall–Kier alpha value is -2.66. The zero-order chi connectivity index (χ0) is 18.6. The van der Waals surface area contributed by atoms with Crippen LogP contribution in [0.3, 0.4) is 0 Å². The summed E-state index contributed by atoms with van der Waals surface area (Å²) in [5.41, 5.74) is 2.37. The maximum Gasteiger partial charge on any atom is 0.225 e. The van der Waals surface area contributed by atoms with Gasteiger partial charge in [-0.3, -0.25) is 4.90 Å². The summed E-state index contributed by atoms with van der Waals surface area (Å²) in [6, 6.07) is 19.3. The zero-order valence-corrected chi connectivity index (χ0v) is 16.1. The van der Waals surface area contributed by atoms with Gasteiger partial charge >= 0.3 is 0 Å². The van der Waals surface area contributed by atoms with Crippen LogP contribution >= 0.6 is 0 Å². The average molecular weight is 361 g/mol. The monoisotopic (exact) mass is 361 g/mol. The van der Waals surface area contributed by atoms with Gasteiger partial charge in [0.25, 0.3) is 0 Å². The van der Waals surface area contributed by atoms with Crippen molar-refractivity contribution < 1.29 is 0 Å². The number of rotatable bonds is 5. The molecule has 4 rings (SSSR count). The number of nitrogens with one attached hydrogen (secondary N) is 1. The van der Waals surface area contributed by atoms with Crippen molar-refractivity contribution in [3.63, 3.8) is 0 Å². The summed E-state index contributed by atoms with van der Waals surface area (Å²) in [7, 11) is 4.06. The number of hydrogen-bond acceptors (Lipinski definition) is 5. The highest BCUT2D eigenvalue weighted by Crippen LogP contribution is 2.25. The molecule has 27 heavy (non-hydrogen) atoms. The Labute approximate surface area is 161 Å². The van der Waals surface area contributed by atoms with Crippen molar-refractivity contribution >= 4 is 22.7 Å². The minimum Gasteiger partial charge on any atom is -0.362 e. The second kappa shape index (κ2) is 7.92. The molecule has 2 aromatic carbocycles. The third kappa shape index (κ3) is 4.19. The number of fused-ring (bicyclic) bond motifs is 1. The first-order valence-corrected chi connectivity index (χ1v) is 9.66. The third-order valence-corrected chi connectivity index (χ3v) is 5.18. The van der Waals surface area contributed by atoms with E-state index in [1.807, 2.05) is 26.2 Å². The van der Waals surface area contributed by atoms with Crippen molar-refractivity contribution in [2.45, 2.75) is 25.4 Å². The first kappa shape index (κ1) is 17.7. The molecule has 0 spiro atoms. The molecular weight excluding hydrogens is 334 g/mol. The van der Waals surface area contributed by atoms with Crippen LogP contribution in [0.4, 0.5) is 11.8 Å². The predicted octanol–water partition coefficient (Wildman–Crippen LogP) is 3.77. The van der Waals surface area contributed by atoms with E-state index in [9.17, 15) is 0 Å². The maximum atomic E-state index is 4.77. The fraction of sp³-hybridized carbons (Fsp3) is 0.364. The van der Waals surface area contributed by atoms with Crippen LogP contribution < -0.4 is 10.2 Å². The Morgan fingerprint density at radius 2 is 1.67 bits per heavy atom. The van der Waals surface area contributed by atoms with Gasteiger partial charge in [0, 0.05) is 45.2 Å². The summed E-state index contributed by atoms with van der Waals surface area (Å²) in [5, 5.41) is 4.67. The topological polar surface area (TPSA) is 44.3 Å². The molecule has 5 nitrogen and oxygen atoms in total. The molecule has 5 heteroatoms. The molecule has 1 aliphatic heterocycles. The highest BCUT2D eigenvalue weighted by molar-refractivity contribution is 5.90. The number of aromatic nitrogens is 2. The molecule has 140 valence electrons. The van der Waals surface area contributed by atoms with Crippen LogP contribution in [0.5, 0.6) is 0 Å². The van der Waals surface area contributed by atoms with Crippen LogP contribution in [0.1, 0.15) is 18.4 Å². The molecule has 1 fully saturated rings. The fourth-order valence-corrected chi connectivity index (χ4v) is 3.72. The Balaban J connectivity index is 1.42. The number of hydrogen-bond donors (Lipinski definition) is 1. The number of nitrogens with zero attached hydrogens (tertiary/aromatic N) is 4. The molecule has 2 heterocycles. The Kier molecular flexibility index (Phi) is 5.21. The third-order valence-electron chi connectivity index (χ3n) is 5.18. The van der Waals surface area contributed by atoms with Crippen molar-refractivity contribution in [1.82, 2.24) is 14.9 Å². The molecule has 0 atom stereocenters. The van der Waals surface area contributed by atoms with Crippen LogP contribution in [0.25, 0.3) is 10.9 Å². The largest absolute Gasteiger partial charge is 0.362 e. The van der Waals surface area contributed by atoms with Crippen molar-refractivity contribution in [1.29, 1.82) is 0 Å². The van der Waals surface area contributed by atoms with Crippen LogP contribution in [-0.4, -0.2) is 48.1 Å². The van der Waals surface area contributed by atoms with Crippen molar-refractivity contribution in [2.75, 3.05) is 37.4 Å². The molecule has 0 bridgehead atoms. The Bertz CT molecular complexity index is 886. The smallest absolute Gasteiger partial charge is 0.225 e. The molecule has 1 aromatic heterocycles. The van der Waals surface area contributed by atoms with E-state index in [2.05, 4.69) is 57.6 Å². The van der Waals surface area contributed by atoms with E-state index in [1.165, 1.54) is 5.56 Å². The van der Waals surface area contributed by atoms with Gasteiger partial charge in [-0.05, 0) is 30.5 Å². The standard InChI is InChI=1S/C22H27N5/c1-26(2)21-19-10-6-7-11-20(19)24-22(25-21)23-18-12-14-27(15-13-18)16-17-8-4-3-5-9-17/h3-11,18H,12-16H2,1-2H3,(H,23,24,25). The molecular formula is C22H27N5. The van der Waals surface area contributed by atoms with E-state index in [0.717, 1.165) is 55.1 Å². The highest BCUT2D eigenvalue weighted by Gasteiger charge is 2.20. The second-order valence-corrected chi connectivity index (χ2v) is 7.46. The number of piperidine rings is 1. The van der Waals surface area contributed by atoms with Crippen molar-refractivity contribution in [3.05, 3.63) is 60.2 Å². The lowest BCUT2D eigenvalue weighted by atomic mass is 10.0. The van der Waals surface area contributed by atoms with Gasteiger partial charge in [0.05, 0.1) is 5.52 Å². The first-order chi connectivity index (χ1) is 13.2. The van der Waals surface area contributed by atoms with Crippen LogP contribution in [-0.2, 0) is 6.54 Å². The zero-order valence-electron chi connectivity index (χ0n) is 16.1. The lowest BCUT2D eigenvalue weighted by Crippen LogP contribution is -2.39. The van der Waals surface area contributed by atoms with E-state index in [4.69, 9.17) is 9.97 Å². The quantitative estimate of drug-likeness (QED) is 0.749. The van der Waals surface area contributed by atoms with E-state index in [1.54, 1.807) is 0 Å². The summed E-state index contributed by atoms with van der Waals surface area (Å²) in [4.78, 5) is 14.1. The van der Waals surface area contributed by atoms with E-state index >= 15 is 0 Å². The molecule has 3 aromatic rings. The van der Waals surface area contributed by atoms with Gasteiger partial charge in [0.15, 0.2) is 0 Å². The Morgan fingerprint density at radius 1 is 0.963 bits per heavy atom. The fourth-order valence-electron chi connectivity index (χ4n) is 3.72. The summed E-state index contributed by atoms with van der Waals surface area (Å²) in [6.45, 7) is 3.23. The maximum absolute atomic E-state index is 4.77. The number of anilines is 2. The minimum atomic E-state index is 0.424. The normalized spacial score (nSPS) is 15.8. The number of likely N-dealkylation sites (tertiary alicyclic amines) is 1. The molecule has 0 radical (unpaired) electrons. The summed E-state index contributed by atoms with van der Waals surface area (Å²) >= 11 is 0. The molecule has 0 saturated carbocycles. The molecule has 0 aliphatic carbocycles. The van der Waals surface area contributed by atoms with Gasteiger partial charge in [-0.15, -0.1) is 0 Å². The van der Waals surface area contributed by atoms with E-state index < -0.39 is 0 Å². The predicted molar refractivity (Wildman–Crippen MR) is 112 cm³/mol. The van der Waals surface area contributed by atoms with Gasteiger partial charge in [-0.25, -0.2) is 4.98 Å². The van der Waals surface area contributed by atoms with Gasteiger partial charge in [-0.1, -0.05) is 42.5 Å². The molecule has 0 unspecified atom stereocenters. The number of para-hydroxylation sites is 1. The SMILES string of the molecule is CN(C)c1nc(NC2CCN(Cc3ccccc3)CC2)nc2ccccc12. The van der Waals surface area contributed by atoms with Crippen LogP contribution in [0, 0.1) is 0 Å². The molecule has 1 saturated heterocycles. The van der Waals surface area contributed by atoms with E-state index in [-0.39, 0.29) is 0 Å². The summed E-state index contributed by atoms with van der Waals surface area (Å²) in [6.07, 6.45) is 2.22. The minimum absolute atomic E-state index is 0.424. The van der Waals surface area contributed by atoms with Crippen molar-refractivity contribution in [2.24, 2.45) is 0 Å². The first-order valence-electron chi connectivity index (χ1n) is 9.66. The summed E-state index contributed by atoms with van der Waals surface area (Å²) < 4.78 is 0. The molecule has 1 aliphatic rings. The van der Waals surface area contributed by atoms with Gasteiger partial charge in [0.1, 0.15) is 5.82 Å².